The first-order chi connectivity index (χ1) is 11.9. The van der Waals surface area contributed by atoms with Crippen LogP contribution in [0.15, 0.2) is 24.3 Å². The number of hydrogen-bond donors (Lipinski definition) is 2. The third-order valence-corrected chi connectivity index (χ3v) is 4.23. The molecular formula is C17H22FN3O4. The lowest BCUT2D eigenvalue weighted by Gasteiger charge is -2.35. The van der Waals surface area contributed by atoms with Gasteiger partial charge in [-0.2, -0.15) is 0 Å². The van der Waals surface area contributed by atoms with Gasteiger partial charge in [0.2, 0.25) is 11.8 Å². The Labute approximate surface area is 145 Å². The second-order valence-electron chi connectivity index (χ2n) is 6.07. The Morgan fingerprint density at radius 1 is 1.20 bits per heavy atom. The molecule has 1 unspecified atom stereocenters. The van der Waals surface area contributed by atoms with Crippen molar-refractivity contribution >= 4 is 23.5 Å². The molecule has 1 aliphatic rings. The van der Waals surface area contributed by atoms with E-state index in [4.69, 9.17) is 0 Å². The molecule has 136 valence electrons. The first kappa shape index (κ1) is 18.9. The molecule has 0 radical (unpaired) electrons. The van der Waals surface area contributed by atoms with Crippen molar-refractivity contribution in [2.75, 3.05) is 38.0 Å². The van der Waals surface area contributed by atoms with Gasteiger partial charge in [-0.25, -0.2) is 4.39 Å². The maximum absolute atomic E-state index is 13.5. The number of rotatable bonds is 6. The van der Waals surface area contributed by atoms with E-state index < -0.39 is 23.6 Å². The van der Waals surface area contributed by atoms with Crippen LogP contribution in [0.1, 0.15) is 13.3 Å². The number of benzene rings is 1. The van der Waals surface area contributed by atoms with Gasteiger partial charge in [0, 0.05) is 46.1 Å². The molecule has 0 spiro atoms. The summed E-state index contributed by atoms with van der Waals surface area (Å²) in [6.45, 7) is 3.94. The molecule has 2 rings (SSSR count). The van der Waals surface area contributed by atoms with Gasteiger partial charge in [0.05, 0.1) is 11.6 Å². The van der Waals surface area contributed by atoms with E-state index in [1.54, 1.807) is 11.0 Å². The summed E-state index contributed by atoms with van der Waals surface area (Å²) in [5.41, 5.74) is 0.0340. The number of aliphatic carboxylic acids is 1. The average Bonchev–Trinajstić information content (AvgIpc) is 2.56. The van der Waals surface area contributed by atoms with Crippen LogP contribution in [0.25, 0.3) is 0 Å². The van der Waals surface area contributed by atoms with Crippen LogP contribution in [0.4, 0.5) is 10.1 Å². The van der Waals surface area contributed by atoms with Gasteiger partial charge in [0.1, 0.15) is 5.82 Å². The number of carboxylic acid groups (broad SMARTS) is 1. The summed E-state index contributed by atoms with van der Waals surface area (Å²) in [4.78, 5) is 38.4. The lowest BCUT2D eigenvalue weighted by Crippen LogP contribution is -2.50. The number of amides is 2. The Balaban J connectivity index is 1.88. The van der Waals surface area contributed by atoms with Crippen LogP contribution in [0, 0.1) is 11.7 Å². The third-order valence-electron chi connectivity index (χ3n) is 4.23. The Morgan fingerprint density at radius 3 is 2.40 bits per heavy atom. The first-order valence-corrected chi connectivity index (χ1v) is 8.12. The normalized spacial score (nSPS) is 16.3. The van der Waals surface area contributed by atoms with Crippen molar-refractivity contribution in [1.29, 1.82) is 0 Å². The van der Waals surface area contributed by atoms with Crippen LogP contribution in [-0.4, -0.2) is 65.4 Å². The van der Waals surface area contributed by atoms with E-state index in [9.17, 15) is 23.9 Å². The fraction of sp³-hybridized carbons (Fsp3) is 0.471. The van der Waals surface area contributed by atoms with Crippen molar-refractivity contribution in [1.82, 2.24) is 9.80 Å². The van der Waals surface area contributed by atoms with Gasteiger partial charge in [-0.15, -0.1) is 0 Å². The number of nitrogens with one attached hydrogen (secondary N) is 1. The molecule has 1 aromatic carbocycles. The molecule has 0 aromatic heterocycles. The summed E-state index contributed by atoms with van der Waals surface area (Å²) < 4.78 is 13.5. The van der Waals surface area contributed by atoms with Crippen LogP contribution >= 0.6 is 0 Å². The van der Waals surface area contributed by atoms with Gasteiger partial charge in [0.25, 0.3) is 0 Å². The fourth-order valence-corrected chi connectivity index (χ4v) is 2.77. The minimum absolute atomic E-state index is 0.00120. The molecule has 0 bridgehead atoms. The molecule has 7 nitrogen and oxygen atoms in total. The molecule has 0 saturated carbocycles. The Hall–Kier alpha value is -2.48. The second-order valence-corrected chi connectivity index (χ2v) is 6.07. The van der Waals surface area contributed by atoms with E-state index in [0.717, 1.165) is 0 Å². The van der Waals surface area contributed by atoms with Gasteiger partial charge in [-0.05, 0) is 12.1 Å². The van der Waals surface area contributed by atoms with E-state index in [-0.39, 0.29) is 24.6 Å². The number of carbonyl (C=O) groups is 3. The number of anilines is 1. The van der Waals surface area contributed by atoms with E-state index >= 15 is 0 Å². The highest BCUT2D eigenvalue weighted by molar-refractivity contribution is 5.93. The summed E-state index contributed by atoms with van der Waals surface area (Å²) in [6, 6.07) is 5.73. The summed E-state index contributed by atoms with van der Waals surface area (Å²) >= 11 is 0. The summed E-state index contributed by atoms with van der Waals surface area (Å²) in [5, 5.41) is 11.8. The molecule has 2 N–H and O–H groups in total. The molecule has 25 heavy (non-hydrogen) atoms. The largest absolute Gasteiger partial charge is 0.481 e. The van der Waals surface area contributed by atoms with E-state index in [2.05, 4.69) is 5.32 Å². The van der Waals surface area contributed by atoms with Gasteiger partial charge in [-0.1, -0.05) is 12.1 Å². The number of nitrogens with zero attached hydrogens (tertiary/aromatic N) is 2. The molecule has 1 fully saturated rings. The van der Waals surface area contributed by atoms with E-state index in [1.807, 2.05) is 4.90 Å². The highest BCUT2D eigenvalue weighted by Gasteiger charge is 2.27. The Morgan fingerprint density at radius 2 is 1.84 bits per heavy atom. The topological polar surface area (TPSA) is 90.0 Å². The lowest BCUT2D eigenvalue weighted by molar-refractivity contribution is -0.144. The van der Waals surface area contributed by atoms with Crippen molar-refractivity contribution in [3.05, 3.63) is 30.1 Å². The smallest absolute Gasteiger partial charge is 0.308 e. The van der Waals surface area contributed by atoms with Gasteiger partial charge in [-0.3, -0.25) is 19.3 Å². The quantitative estimate of drug-likeness (QED) is 0.799. The number of carbonyl (C=O) groups excluding carboxylic acids is 2. The summed E-state index contributed by atoms with van der Waals surface area (Å²) in [5.74, 6) is -3.07. The molecular weight excluding hydrogens is 329 g/mol. The van der Waals surface area contributed by atoms with Gasteiger partial charge >= 0.3 is 5.97 Å². The summed E-state index contributed by atoms with van der Waals surface area (Å²) in [6.07, 6.45) is -0.239. The minimum atomic E-state index is -1.07. The minimum Gasteiger partial charge on any atom is -0.481 e. The van der Waals surface area contributed by atoms with E-state index in [1.165, 1.54) is 25.1 Å². The number of piperazine rings is 1. The van der Waals surface area contributed by atoms with Crippen molar-refractivity contribution < 1.29 is 23.9 Å². The lowest BCUT2D eigenvalue weighted by atomic mass is 10.0. The molecule has 1 atom stereocenters. The molecule has 8 heteroatoms. The number of halogens is 1. The molecule has 1 saturated heterocycles. The number of para-hydroxylation sites is 1. The Kier molecular flexibility index (Phi) is 6.46. The maximum Gasteiger partial charge on any atom is 0.308 e. The first-order valence-electron chi connectivity index (χ1n) is 8.12. The van der Waals surface area contributed by atoms with Crippen molar-refractivity contribution in [2.24, 2.45) is 5.92 Å². The molecule has 2 amide bonds. The van der Waals surface area contributed by atoms with Gasteiger partial charge < -0.3 is 15.3 Å². The monoisotopic (exact) mass is 351 g/mol. The highest BCUT2D eigenvalue weighted by Crippen LogP contribution is 2.15. The van der Waals surface area contributed by atoms with Crippen LogP contribution in [-0.2, 0) is 14.4 Å². The predicted molar refractivity (Wildman–Crippen MR) is 89.5 cm³/mol. The Bertz CT molecular complexity index is 645. The zero-order valence-corrected chi connectivity index (χ0v) is 14.1. The number of carboxylic acids is 1. The van der Waals surface area contributed by atoms with Crippen LogP contribution in [0.5, 0.6) is 0 Å². The maximum atomic E-state index is 13.5. The van der Waals surface area contributed by atoms with E-state index in [0.29, 0.717) is 26.2 Å². The van der Waals surface area contributed by atoms with Crippen LogP contribution < -0.4 is 5.32 Å². The second kappa shape index (κ2) is 8.57. The predicted octanol–water partition coefficient (Wildman–Crippen LogP) is 1.02. The fourth-order valence-electron chi connectivity index (χ4n) is 2.77. The van der Waals surface area contributed by atoms with Crippen molar-refractivity contribution in [3.8, 4) is 0 Å². The SMILES string of the molecule is CC(=O)N1CCN(CC(CC(=O)Nc2ccccc2F)C(=O)O)CC1. The highest BCUT2D eigenvalue weighted by atomic mass is 19.1. The standard InChI is InChI=1S/C17H22FN3O4/c1-12(22)21-8-6-20(7-9-21)11-13(17(24)25)10-16(23)19-15-5-3-2-4-14(15)18/h2-5,13H,6-11H2,1H3,(H,19,23)(H,24,25). The van der Waals surface area contributed by atoms with Crippen LogP contribution in [0.2, 0.25) is 0 Å². The third kappa shape index (κ3) is 5.53. The molecule has 1 aliphatic heterocycles. The average molecular weight is 351 g/mol. The van der Waals surface area contributed by atoms with Crippen molar-refractivity contribution in [3.63, 3.8) is 0 Å². The zero-order chi connectivity index (χ0) is 18.4. The molecule has 0 aliphatic carbocycles. The van der Waals surface area contributed by atoms with Crippen LogP contribution in [0.3, 0.4) is 0 Å². The van der Waals surface area contributed by atoms with Crippen molar-refractivity contribution in [2.45, 2.75) is 13.3 Å². The molecule has 1 aromatic rings. The summed E-state index contributed by atoms with van der Waals surface area (Å²) in [7, 11) is 0. The van der Waals surface area contributed by atoms with Gasteiger partial charge in [0.15, 0.2) is 0 Å². The number of hydrogen-bond acceptors (Lipinski definition) is 4. The molecule has 1 heterocycles. The zero-order valence-electron chi connectivity index (χ0n) is 14.1.